The van der Waals surface area contributed by atoms with Crippen molar-refractivity contribution >= 4 is 21.2 Å². The molecule has 0 bridgehead atoms. The van der Waals surface area contributed by atoms with Crippen LogP contribution in [0.25, 0.3) is 33.9 Å². The lowest BCUT2D eigenvalue weighted by molar-refractivity contribution is 1.26. The summed E-state index contributed by atoms with van der Waals surface area (Å²) in [6, 6.07) is 46.5. The molecule has 0 atom stereocenters. The molecule has 0 unspecified atom stereocenters. The predicted molar refractivity (Wildman–Crippen MR) is 173 cm³/mol. The van der Waals surface area contributed by atoms with Gasteiger partial charge >= 0.3 is 0 Å². The molecule has 0 amide bonds. The Hall–Kier alpha value is -4.20. The third-order valence-electron chi connectivity index (χ3n) is 8.61. The molecule has 0 saturated carbocycles. The van der Waals surface area contributed by atoms with Crippen LogP contribution in [-0.4, -0.2) is 9.52 Å². The quantitative estimate of drug-likeness (QED) is 0.193. The standard InChI is InChI=1S/C39H32Si/c1-26-24-36-31(29-16-8-4-9-17-29)20-12-22-33(36)38(26)40-39-27(2)35(25-28-14-6-3-7-15-28)37-32(21-13-23-34(37)39)30-18-10-5-11-19-30/h3-24H,25,40H2,1-2H3. The van der Waals surface area contributed by atoms with Gasteiger partial charge in [-0.1, -0.05) is 145 Å². The van der Waals surface area contributed by atoms with Crippen LogP contribution in [0, 0.1) is 11.1 Å². The topological polar surface area (TPSA) is 0 Å². The third kappa shape index (κ3) is 4.31. The second-order valence-corrected chi connectivity index (χ2v) is 12.7. The van der Waals surface area contributed by atoms with Gasteiger partial charge in [0.2, 0.25) is 0 Å². The highest BCUT2D eigenvalue weighted by molar-refractivity contribution is 6.56. The van der Waals surface area contributed by atoms with Gasteiger partial charge < -0.3 is 0 Å². The van der Waals surface area contributed by atoms with Gasteiger partial charge in [-0.15, -0.1) is 0 Å². The van der Waals surface area contributed by atoms with Crippen molar-refractivity contribution < 1.29 is 0 Å². The summed E-state index contributed by atoms with van der Waals surface area (Å²) in [5, 5.41) is 0. The molecule has 5 aromatic carbocycles. The first kappa shape index (κ1) is 24.8. The molecular formula is C39H32Si. The molecule has 0 saturated heterocycles. The fourth-order valence-electron chi connectivity index (χ4n) is 6.59. The highest BCUT2D eigenvalue weighted by atomic mass is 28.2. The smallest absolute Gasteiger partial charge is 0.0574 e. The molecule has 0 nitrogen and oxygen atoms in total. The molecule has 2 aliphatic rings. The third-order valence-corrected chi connectivity index (χ3v) is 11.2. The number of fused-ring (bicyclic) bond motifs is 2. The number of rotatable bonds is 6. The summed E-state index contributed by atoms with van der Waals surface area (Å²) in [7, 11) is -0.754. The molecule has 0 spiro atoms. The molecule has 1 heteroatoms. The largest absolute Gasteiger partial charge is 0.0646 e. The first-order chi connectivity index (χ1) is 19.7. The lowest BCUT2D eigenvalue weighted by atomic mass is 9.91. The van der Waals surface area contributed by atoms with Crippen LogP contribution in [-0.2, 0) is 6.42 Å². The van der Waals surface area contributed by atoms with Crippen molar-refractivity contribution in [2.24, 2.45) is 0 Å². The number of benzene rings is 5. The summed E-state index contributed by atoms with van der Waals surface area (Å²) in [4.78, 5) is 0. The minimum Gasteiger partial charge on any atom is -0.0646 e. The van der Waals surface area contributed by atoms with Crippen LogP contribution in [0.4, 0.5) is 0 Å². The minimum absolute atomic E-state index is 0.754. The molecule has 192 valence electrons. The van der Waals surface area contributed by atoms with Crippen molar-refractivity contribution in [3.63, 3.8) is 0 Å². The average Bonchev–Trinajstić information content (AvgIpc) is 3.47. The van der Waals surface area contributed by atoms with Crippen molar-refractivity contribution in [3.8, 4) is 22.3 Å². The maximum Gasteiger partial charge on any atom is 0.0574 e. The lowest BCUT2D eigenvalue weighted by Crippen LogP contribution is -2.18. The van der Waals surface area contributed by atoms with Gasteiger partial charge in [-0.25, -0.2) is 0 Å². The van der Waals surface area contributed by atoms with Crippen molar-refractivity contribution in [1.82, 2.24) is 0 Å². The fourth-order valence-corrected chi connectivity index (χ4v) is 8.79. The molecule has 40 heavy (non-hydrogen) atoms. The van der Waals surface area contributed by atoms with Crippen LogP contribution in [0.15, 0.2) is 139 Å². The van der Waals surface area contributed by atoms with Gasteiger partial charge in [-0.2, -0.15) is 0 Å². The Morgan fingerprint density at radius 2 is 1.05 bits per heavy atom. The Morgan fingerprint density at radius 1 is 0.500 bits per heavy atom. The molecule has 5 aromatic rings. The van der Waals surface area contributed by atoms with E-state index in [0.29, 0.717) is 0 Å². The molecule has 0 aliphatic heterocycles. The highest BCUT2D eigenvalue weighted by Gasteiger charge is 2.36. The van der Waals surface area contributed by atoms with Gasteiger partial charge in [0.1, 0.15) is 0 Å². The zero-order valence-electron chi connectivity index (χ0n) is 23.1. The summed E-state index contributed by atoms with van der Waals surface area (Å²) < 4.78 is 0. The molecule has 0 aromatic heterocycles. The maximum absolute atomic E-state index is 2.43. The van der Waals surface area contributed by atoms with Crippen molar-refractivity contribution in [1.29, 1.82) is 0 Å². The van der Waals surface area contributed by atoms with Crippen molar-refractivity contribution in [2.75, 3.05) is 0 Å². The summed E-state index contributed by atoms with van der Waals surface area (Å²) >= 11 is 0. The van der Waals surface area contributed by atoms with Crippen molar-refractivity contribution in [2.45, 2.75) is 20.3 Å². The molecule has 7 rings (SSSR count). The minimum atomic E-state index is -0.754. The van der Waals surface area contributed by atoms with Crippen LogP contribution in [0.1, 0.15) is 41.7 Å². The summed E-state index contributed by atoms with van der Waals surface area (Å²) in [5.74, 6) is 0. The fraction of sp³-hybridized carbons (Fsp3) is 0.0769. The second kappa shape index (κ2) is 10.4. The normalized spacial score (nSPS) is 15.1. The van der Waals surface area contributed by atoms with Gasteiger partial charge in [0, 0.05) is 11.1 Å². The Labute approximate surface area is 240 Å². The molecule has 0 heterocycles. The Morgan fingerprint density at radius 3 is 1.73 bits per heavy atom. The van der Waals surface area contributed by atoms with Crippen LogP contribution in [0.2, 0.25) is 0 Å². The number of hydrogen-bond donors (Lipinski definition) is 0. The van der Waals surface area contributed by atoms with Gasteiger partial charge in [-0.05, 0) is 75.9 Å². The van der Waals surface area contributed by atoms with Gasteiger partial charge in [0.25, 0.3) is 0 Å². The molecule has 2 aliphatic carbocycles. The van der Waals surface area contributed by atoms with E-state index in [-0.39, 0.29) is 0 Å². The lowest BCUT2D eigenvalue weighted by Gasteiger charge is -2.21. The van der Waals surface area contributed by atoms with E-state index in [1.807, 2.05) is 0 Å². The zero-order chi connectivity index (χ0) is 27.1. The second-order valence-electron chi connectivity index (χ2n) is 11.0. The van der Waals surface area contributed by atoms with E-state index in [0.717, 1.165) is 6.42 Å². The van der Waals surface area contributed by atoms with E-state index in [2.05, 4.69) is 147 Å². The van der Waals surface area contributed by atoms with E-state index in [4.69, 9.17) is 0 Å². The first-order valence-corrected chi connectivity index (χ1v) is 15.6. The summed E-state index contributed by atoms with van der Waals surface area (Å²) in [6.45, 7) is 4.70. The summed E-state index contributed by atoms with van der Waals surface area (Å²) in [6.07, 6.45) is 3.39. The van der Waals surface area contributed by atoms with E-state index in [9.17, 15) is 0 Å². The zero-order valence-corrected chi connectivity index (χ0v) is 24.5. The monoisotopic (exact) mass is 528 g/mol. The summed E-state index contributed by atoms with van der Waals surface area (Å²) in [5.41, 5.74) is 19.9. The number of allylic oxidation sites excluding steroid dienone is 3. The van der Waals surface area contributed by atoms with E-state index < -0.39 is 9.52 Å². The maximum atomic E-state index is 2.43. The average molecular weight is 529 g/mol. The van der Waals surface area contributed by atoms with Gasteiger partial charge in [-0.3, -0.25) is 0 Å². The SMILES string of the molecule is CC1=Cc2c(cccc2-c2ccccc2)[C]1[SiH2][C]1C(C)=C(Cc2ccccc2)c2c1cccc2-c1ccccc1. The number of hydrogen-bond acceptors (Lipinski definition) is 0. The van der Waals surface area contributed by atoms with Crippen LogP contribution in [0.5, 0.6) is 0 Å². The van der Waals surface area contributed by atoms with Crippen LogP contribution >= 0.6 is 0 Å². The van der Waals surface area contributed by atoms with Gasteiger partial charge in [0.15, 0.2) is 0 Å². The van der Waals surface area contributed by atoms with Crippen molar-refractivity contribution in [3.05, 3.63) is 177 Å². The predicted octanol–water partition coefficient (Wildman–Crippen LogP) is 9.10. The van der Waals surface area contributed by atoms with E-state index in [1.54, 1.807) is 11.1 Å². The van der Waals surface area contributed by atoms with E-state index in [1.165, 1.54) is 66.8 Å². The van der Waals surface area contributed by atoms with Crippen LogP contribution in [0.3, 0.4) is 0 Å². The molecule has 0 N–H and O–H groups in total. The Bertz CT molecular complexity index is 1740. The van der Waals surface area contributed by atoms with Crippen LogP contribution < -0.4 is 0 Å². The highest BCUT2D eigenvalue weighted by Crippen LogP contribution is 2.49. The van der Waals surface area contributed by atoms with E-state index >= 15 is 0 Å². The molecule has 0 fully saturated rings. The van der Waals surface area contributed by atoms with Gasteiger partial charge in [0.05, 0.1) is 9.52 Å². The Kier molecular flexibility index (Phi) is 6.46. The first-order valence-electron chi connectivity index (χ1n) is 14.2. The molecule has 2 radical (unpaired) electrons. The molecular weight excluding hydrogens is 497 g/mol. The Balaban J connectivity index is 1.32.